The van der Waals surface area contributed by atoms with Gasteiger partial charge in [-0.25, -0.2) is 14.4 Å². The van der Waals surface area contributed by atoms with Crippen LogP contribution in [0.4, 0.5) is 0 Å². The first kappa shape index (κ1) is 62.8. The second-order valence-electron chi connectivity index (χ2n) is 22.4. The number of ether oxygens (including phenoxy) is 9. The molecule has 0 amide bonds. The lowest BCUT2D eigenvalue weighted by Crippen LogP contribution is -2.62. The number of hydrogen-bond donors (Lipinski definition) is 2. The molecular weight excluding hydrogens is 1020 g/mol. The van der Waals surface area contributed by atoms with Crippen LogP contribution in [0.1, 0.15) is 126 Å². The molecule has 79 heavy (non-hydrogen) atoms. The van der Waals surface area contributed by atoms with E-state index in [2.05, 4.69) is 11.7 Å². The van der Waals surface area contributed by atoms with Crippen molar-refractivity contribution in [3.8, 4) is 0 Å². The molecule has 18 heteroatoms. The summed E-state index contributed by atoms with van der Waals surface area (Å²) in [5.41, 5.74) is -3.69. The predicted molar refractivity (Wildman–Crippen MR) is 294 cm³/mol. The molecule has 3 fully saturated rings. The predicted octanol–water partition coefficient (Wildman–Crippen LogP) is 8.37. The number of aliphatic hydroxyl groups excluding tert-OH is 1. The van der Waals surface area contributed by atoms with Gasteiger partial charge in [-0.15, -0.1) is 6.58 Å². The summed E-state index contributed by atoms with van der Waals surface area (Å²) in [6.45, 7) is 21.3. The van der Waals surface area contributed by atoms with E-state index < -0.39 is 132 Å². The Hall–Kier alpha value is -5.41. The lowest BCUT2D eigenvalue weighted by atomic mass is 9.73. The van der Waals surface area contributed by atoms with E-state index in [9.17, 15) is 24.6 Å². The number of carbonyl (C=O) groups is 4. The molecule has 6 rings (SSSR count). The highest BCUT2D eigenvalue weighted by Crippen LogP contribution is 2.43. The summed E-state index contributed by atoms with van der Waals surface area (Å²) < 4.78 is 59.8. The summed E-state index contributed by atoms with van der Waals surface area (Å²) in [5.74, 6) is -6.54. The number of aliphatic hydroxyl groups is 2. The molecule has 0 bridgehead atoms. The van der Waals surface area contributed by atoms with Crippen molar-refractivity contribution >= 4 is 29.6 Å². The lowest BCUT2D eigenvalue weighted by molar-refractivity contribution is -0.319. The normalized spacial score (nSPS) is 36.3. The molecule has 18 atom stereocenters. The number of oxime groups is 1. The number of benzene rings is 3. The first-order chi connectivity index (χ1) is 37.4. The van der Waals surface area contributed by atoms with Crippen LogP contribution in [0.25, 0.3) is 0 Å². The third-order valence-corrected chi connectivity index (χ3v) is 16.0. The van der Waals surface area contributed by atoms with E-state index in [1.165, 1.54) is 14.0 Å². The fourth-order valence-electron chi connectivity index (χ4n) is 11.5. The Morgan fingerprint density at radius 3 is 1.85 bits per heavy atom. The minimum Gasteiger partial charge on any atom is -0.459 e. The molecule has 3 heterocycles. The van der Waals surface area contributed by atoms with Crippen molar-refractivity contribution in [2.24, 2.45) is 28.8 Å². The van der Waals surface area contributed by atoms with Crippen molar-refractivity contribution in [2.75, 3.05) is 27.8 Å². The maximum absolute atomic E-state index is 15.0. The van der Waals surface area contributed by atoms with Gasteiger partial charge in [0.2, 0.25) is 0 Å². The Morgan fingerprint density at radius 2 is 1.32 bits per heavy atom. The number of nitrogens with zero attached hydrogens (tertiary/aromatic N) is 2. The summed E-state index contributed by atoms with van der Waals surface area (Å²) in [5, 5.41) is 29.2. The molecule has 0 aliphatic carbocycles. The van der Waals surface area contributed by atoms with Crippen molar-refractivity contribution in [3.63, 3.8) is 0 Å². The van der Waals surface area contributed by atoms with Crippen LogP contribution < -0.4 is 0 Å². The van der Waals surface area contributed by atoms with Gasteiger partial charge in [-0.3, -0.25) is 4.79 Å². The lowest BCUT2D eigenvalue weighted by Gasteiger charge is -2.50. The van der Waals surface area contributed by atoms with E-state index in [-0.39, 0.29) is 37.1 Å². The topological polar surface area (TPSA) is 217 Å². The van der Waals surface area contributed by atoms with Crippen LogP contribution in [0.15, 0.2) is 109 Å². The fourth-order valence-corrected chi connectivity index (χ4v) is 11.5. The summed E-state index contributed by atoms with van der Waals surface area (Å²) in [6, 6.07) is 25.1. The Bertz CT molecular complexity index is 2510. The average Bonchev–Trinajstić information content (AvgIpc) is 3.59. The molecule has 3 aliphatic rings. The average molecular weight is 1100 g/mol. The molecule has 0 aromatic heterocycles. The molecule has 0 spiro atoms. The Balaban J connectivity index is 1.52. The van der Waals surface area contributed by atoms with Gasteiger partial charge in [0, 0.05) is 31.3 Å². The van der Waals surface area contributed by atoms with Crippen molar-refractivity contribution < 1.29 is 76.9 Å². The first-order valence-corrected chi connectivity index (χ1v) is 27.4. The quantitative estimate of drug-likeness (QED) is 0.0453. The second-order valence-corrected chi connectivity index (χ2v) is 22.4. The molecular formula is C61H84N2O16. The zero-order valence-electron chi connectivity index (χ0n) is 48.1. The highest BCUT2D eigenvalue weighted by Gasteiger charge is 2.55. The zero-order valence-corrected chi connectivity index (χ0v) is 48.1. The highest BCUT2D eigenvalue weighted by atomic mass is 16.7. The molecule has 3 aliphatic heterocycles. The second kappa shape index (κ2) is 27.4. The summed E-state index contributed by atoms with van der Waals surface area (Å²) in [4.78, 5) is 63.8. The first-order valence-electron chi connectivity index (χ1n) is 27.4. The van der Waals surface area contributed by atoms with Gasteiger partial charge in [0.1, 0.15) is 17.3 Å². The van der Waals surface area contributed by atoms with Crippen molar-refractivity contribution in [1.82, 2.24) is 4.90 Å². The van der Waals surface area contributed by atoms with E-state index in [4.69, 9.17) is 47.5 Å². The van der Waals surface area contributed by atoms with Crippen molar-refractivity contribution in [1.29, 1.82) is 0 Å². The molecule has 434 valence electrons. The third-order valence-electron chi connectivity index (χ3n) is 16.0. The van der Waals surface area contributed by atoms with E-state index >= 15 is 4.79 Å². The maximum Gasteiger partial charge on any atom is 0.365 e. The van der Waals surface area contributed by atoms with E-state index in [0.717, 1.165) is 0 Å². The van der Waals surface area contributed by atoms with Crippen LogP contribution in [0.2, 0.25) is 0 Å². The maximum atomic E-state index is 15.0. The summed E-state index contributed by atoms with van der Waals surface area (Å²) in [7, 11) is 5.28. The molecule has 0 radical (unpaired) electrons. The highest BCUT2D eigenvalue weighted by molar-refractivity contribution is 5.92. The third kappa shape index (κ3) is 14.9. The Labute approximate surface area is 466 Å². The van der Waals surface area contributed by atoms with Gasteiger partial charge in [0.05, 0.1) is 77.1 Å². The van der Waals surface area contributed by atoms with Crippen LogP contribution in [0.5, 0.6) is 0 Å². The number of methoxy groups -OCH3 is 1. The van der Waals surface area contributed by atoms with Crippen molar-refractivity contribution in [2.45, 2.75) is 179 Å². The Morgan fingerprint density at radius 1 is 0.759 bits per heavy atom. The fraction of sp³-hybridized carbons (Fsp3) is 0.590. The van der Waals surface area contributed by atoms with Crippen LogP contribution in [0.3, 0.4) is 0 Å². The number of hydrogen-bond acceptors (Lipinski definition) is 18. The SMILES string of the molecule is C=CCO[C@]1(C)C[C@@H](C)/C(=N\OC(=O)c2ccccc2)[C@H](C)[C@@H](O)[C@](C)(O)[C@@H](CC)OC(=O)[C@H](C)[C@@H](O[C@H]2C[C@@](C)(OC)[C@@H](OC(=O)c3ccccc3)[C@H](C)O2)[C@H](C)[C@H]1O[C@@H]1O[C@H](C)C[C@H](N(C)C)[C@H]1OC(=O)c1ccccc1. The van der Waals surface area contributed by atoms with Gasteiger partial charge in [-0.1, -0.05) is 93.5 Å². The van der Waals surface area contributed by atoms with Crippen LogP contribution in [-0.2, 0) is 52.3 Å². The minimum atomic E-state index is -2.09. The number of cyclic esters (lactones) is 1. The molecule has 3 aromatic carbocycles. The van der Waals surface area contributed by atoms with Gasteiger partial charge in [0.25, 0.3) is 0 Å². The van der Waals surface area contributed by atoms with Gasteiger partial charge >= 0.3 is 23.9 Å². The van der Waals surface area contributed by atoms with Crippen LogP contribution in [0, 0.1) is 23.7 Å². The molecule has 18 nitrogen and oxygen atoms in total. The Kier molecular flexibility index (Phi) is 21.8. The number of esters is 3. The van der Waals surface area contributed by atoms with E-state index in [1.807, 2.05) is 46.7 Å². The molecule has 0 saturated carbocycles. The van der Waals surface area contributed by atoms with E-state index in [1.54, 1.807) is 132 Å². The standard InChI is InChI=1S/C61H84N2O16/c1-15-32-71-60(10)34-36(3)48(62-79-57(68)44-30-24-19-25-31-44)38(5)51(64)61(11,69)46(16-2)74-54(65)40(7)49(75-47-35-59(9,70-14)53(41(8)73-47)77-56(67)43-28-22-18-23-29-43)39(6)52(60)78-58-50(45(63(12)13)33-37(4)72-58)76-55(66)42-26-20-17-21-27-42/h15,17-31,36-41,45-47,49-53,58,64,69H,1,16,32-35H2,2-14H3/b62-48+/t36-,37-,38+,39+,40-,41+,45+,46-,47+,49+,50-,51-,52-,53+,58+,59-,60-,61-/m1/s1. The largest absolute Gasteiger partial charge is 0.459 e. The zero-order chi connectivity index (χ0) is 58.0. The number of rotatable bonds is 16. The minimum absolute atomic E-state index is 0.0154. The van der Waals surface area contributed by atoms with Gasteiger partial charge in [0.15, 0.2) is 24.8 Å². The monoisotopic (exact) mass is 1100 g/mol. The molecule has 2 N–H and O–H groups in total. The van der Waals surface area contributed by atoms with Crippen LogP contribution >= 0.6 is 0 Å². The number of carbonyl (C=O) groups excluding carboxylic acids is 4. The molecule has 3 saturated heterocycles. The van der Waals surface area contributed by atoms with Gasteiger partial charge in [-0.05, 0) is 111 Å². The molecule has 3 aromatic rings. The smallest absolute Gasteiger partial charge is 0.365 e. The summed E-state index contributed by atoms with van der Waals surface area (Å²) in [6.07, 6.45) is -8.63. The van der Waals surface area contributed by atoms with Gasteiger partial charge in [-0.2, -0.15) is 0 Å². The van der Waals surface area contributed by atoms with Crippen molar-refractivity contribution in [3.05, 3.63) is 120 Å². The molecule has 0 unspecified atom stereocenters. The van der Waals surface area contributed by atoms with Crippen LogP contribution in [-0.4, -0.2) is 157 Å². The van der Waals surface area contributed by atoms with E-state index in [0.29, 0.717) is 17.5 Å². The van der Waals surface area contributed by atoms with Gasteiger partial charge < -0.3 is 62.6 Å². The summed E-state index contributed by atoms with van der Waals surface area (Å²) >= 11 is 0. The number of likely N-dealkylation sites (N-methyl/N-ethyl adjacent to an activating group) is 1.